The molecular formula is C20H22FNO2. The Hall–Kier alpha value is -2.36. The van der Waals surface area contributed by atoms with E-state index in [-0.39, 0.29) is 23.2 Å². The molecule has 126 valence electrons. The molecular weight excluding hydrogens is 305 g/mol. The summed E-state index contributed by atoms with van der Waals surface area (Å²) in [7, 11) is 1.54. The van der Waals surface area contributed by atoms with Crippen LogP contribution < -0.4 is 10.1 Å². The van der Waals surface area contributed by atoms with Gasteiger partial charge in [0.2, 0.25) is 5.91 Å². The van der Waals surface area contributed by atoms with Crippen molar-refractivity contribution in [2.75, 3.05) is 12.4 Å². The van der Waals surface area contributed by atoms with Gasteiger partial charge in [0.25, 0.3) is 0 Å². The summed E-state index contributed by atoms with van der Waals surface area (Å²) in [5.74, 6) is 0.561. The maximum Gasteiger partial charge on any atom is 0.228 e. The van der Waals surface area contributed by atoms with Crippen LogP contribution in [0, 0.1) is 11.3 Å². The summed E-state index contributed by atoms with van der Waals surface area (Å²) in [6.45, 7) is 3.63. The maximum atomic E-state index is 12.9. The lowest BCUT2D eigenvalue weighted by Gasteiger charge is -2.12. The fourth-order valence-electron chi connectivity index (χ4n) is 3.56. The number of carbonyl (C=O) groups excluding carboxylic acids is 1. The summed E-state index contributed by atoms with van der Waals surface area (Å²) in [5.41, 5.74) is 2.11. The van der Waals surface area contributed by atoms with Gasteiger partial charge in [-0.15, -0.1) is 0 Å². The second kappa shape index (κ2) is 6.27. The molecule has 1 aliphatic rings. The lowest BCUT2D eigenvalue weighted by molar-refractivity contribution is -0.118. The minimum atomic E-state index is -0.575. The minimum Gasteiger partial charge on any atom is -0.495 e. The number of amides is 1. The van der Waals surface area contributed by atoms with Crippen molar-refractivity contribution in [2.45, 2.75) is 26.4 Å². The number of anilines is 1. The van der Waals surface area contributed by atoms with Crippen LogP contribution in [0.3, 0.4) is 0 Å². The van der Waals surface area contributed by atoms with Crippen LogP contribution in [0.2, 0.25) is 0 Å². The summed E-state index contributed by atoms with van der Waals surface area (Å²) in [4.78, 5) is 12.8. The van der Waals surface area contributed by atoms with Crippen molar-refractivity contribution < 1.29 is 13.9 Å². The molecule has 1 aliphatic carbocycles. The molecule has 0 spiro atoms. The fraction of sp³-hybridized carbons (Fsp3) is 0.350. The van der Waals surface area contributed by atoms with Crippen LogP contribution in [-0.4, -0.2) is 13.0 Å². The van der Waals surface area contributed by atoms with Crippen LogP contribution in [0.5, 0.6) is 5.75 Å². The van der Waals surface area contributed by atoms with Crippen LogP contribution in [0.1, 0.15) is 30.9 Å². The van der Waals surface area contributed by atoms with E-state index in [1.807, 2.05) is 18.2 Å². The Morgan fingerprint density at radius 1 is 1.21 bits per heavy atom. The first-order valence-electron chi connectivity index (χ1n) is 8.07. The third kappa shape index (κ3) is 2.88. The molecule has 2 aromatic rings. The minimum absolute atomic E-state index is 0.0526. The highest BCUT2D eigenvalue weighted by molar-refractivity contribution is 5.97. The highest BCUT2D eigenvalue weighted by Crippen LogP contribution is 2.64. The van der Waals surface area contributed by atoms with E-state index >= 15 is 0 Å². The van der Waals surface area contributed by atoms with Gasteiger partial charge in [-0.3, -0.25) is 4.79 Å². The van der Waals surface area contributed by atoms with Gasteiger partial charge in [0.05, 0.1) is 18.7 Å². The van der Waals surface area contributed by atoms with E-state index in [1.165, 1.54) is 12.7 Å². The first-order chi connectivity index (χ1) is 11.5. The fourth-order valence-corrected chi connectivity index (χ4v) is 3.56. The van der Waals surface area contributed by atoms with Crippen molar-refractivity contribution in [3.8, 4) is 5.75 Å². The van der Waals surface area contributed by atoms with Crippen LogP contribution in [0.4, 0.5) is 10.1 Å². The van der Waals surface area contributed by atoms with Gasteiger partial charge < -0.3 is 10.1 Å². The highest BCUT2D eigenvalue weighted by Gasteiger charge is 2.62. The molecule has 3 rings (SSSR count). The molecule has 1 fully saturated rings. The Kier molecular flexibility index (Phi) is 4.31. The van der Waals surface area contributed by atoms with Gasteiger partial charge >= 0.3 is 0 Å². The van der Waals surface area contributed by atoms with Gasteiger partial charge in [0, 0.05) is 5.92 Å². The molecule has 1 amide bonds. The van der Waals surface area contributed by atoms with Crippen LogP contribution in [0.15, 0.2) is 48.5 Å². The Labute approximate surface area is 141 Å². The van der Waals surface area contributed by atoms with Gasteiger partial charge in [-0.05, 0) is 28.7 Å². The monoisotopic (exact) mass is 327 g/mol. The number of ether oxygens (including phenoxy) is 1. The molecule has 0 aliphatic heterocycles. The Morgan fingerprint density at radius 2 is 1.92 bits per heavy atom. The average Bonchev–Trinajstić information content (AvgIpc) is 3.18. The topological polar surface area (TPSA) is 38.3 Å². The molecule has 24 heavy (non-hydrogen) atoms. The van der Waals surface area contributed by atoms with Crippen molar-refractivity contribution in [3.63, 3.8) is 0 Å². The largest absolute Gasteiger partial charge is 0.495 e. The van der Waals surface area contributed by atoms with E-state index in [1.54, 1.807) is 18.2 Å². The predicted molar refractivity (Wildman–Crippen MR) is 92.9 cm³/mol. The molecule has 0 unspecified atom stereocenters. The van der Waals surface area contributed by atoms with Crippen LogP contribution >= 0.6 is 0 Å². The van der Waals surface area contributed by atoms with Crippen LogP contribution in [-0.2, 0) is 11.5 Å². The zero-order valence-corrected chi connectivity index (χ0v) is 14.2. The predicted octanol–water partition coefficient (Wildman–Crippen LogP) is 4.54. The van der Waals surface area contributed by atoms with E-state index in [0.717, 1.165) is 0 Å². The maximum absolute atomic E-state index is 12.9. The normalized spacial score (nSPS) is 21.2. The van der Waals surface area contributed by atoms with Crippen molar-refractivity contribution >= 4 is 11.6 Å². The number of benzene rings is 2. The third-order valence-electron chi connectivity index (χ3n) is 4.94. The molecule has 0 heterocycles. The summed E-state index contributed by atoms with van der Waals surface area (Å²) < 4.78 is 18.2. The first kappa shape index (κ1) is 16.5. The molecule has 2 aromatic carbocycles. The van der Waals surface area contributed by atoms with Crippen LogP contribution in [0.25, 0.3) is 0 Å². The molecule has 1 N–H and O–H groups in total. The molecule has 4 heteroatoms. The Bertz CT molecular complexity index is 743. The number of halogens is 1. The zero-order valence-electron chi connectivity index (χ0n) is 14.2. The average molecular weight is 327 g/mol. The first-order valence-corrected chi connectivity index (χ1v) is 8.07. The summed E-state index contributed by atoms with van der Waals surface area (Å²) in [6, 6.07) is 15.0. The van der Waals surface area contributed by atoms with Crippen molar-refractivity contribution in [3.05, 3.63) is 59.7 Å². The summed E-state index contributed by atoms with van der Waals surface area (Å²) in [5, 5.41) is 2.92. The van der Waals surface area contributed by atoms with Gasteiger partial charge in [0.1, 0.15) is 12.4 Å². The van der Waals surface area contributed by atoms with Gasteiger partial charge in [-0.1, -0.05) is 50.2 Å². The SMILES string of the molecule is COc1ccc(CF)cc1NC(=O)[C@@H]1[C@@H](c2ccccc2)C1(C)C. The number of alkyl halides is 1. The molecule has 0 saturated heterocycles. The second-order valence-electron chi connectivity index (χ2n) is 6.84. The van der Waals surface area contributed by atoms with Crippen molar-refractivity contribution in [2.24, 2.45) is 11.3 Å². The smallest absolute Gasteiger partial charge is 0.228 e. The number of hydrogen-bond acceptors (Lipinski definition) is 2. The molecule has 0 aromatic heterocycles. The van der Waals surface area contributed by atoms with Gasteiger partial charge in [0.15, 0.2) is 0 Å². The van der Waals surface area contributed by atoms with Gasteiger partial charge in [-0.2, -0.15) is 0 Å². The molecule has 2 atom stereocenters. The zero-order chi connectivity index (χ0) is 17.3. The van der Waals surface area contributed by atoms with Crippen molar-refractivity contribution in [1.29, 1.82) is 0 Å². The van der Waals surface area contributed by atoms with E-state index in [9.17, 15) is 9.18 Å². The van der Waals surface area contributed by atoms with E-state index in [4.69, 9.17) is 4.74 Å². The highest BCUT2D eigenvalue weighted by atomic mass is 19.1. The van der Waals surface area contributed by atoms with E-state index < -0.39 is 6.67 Å². The number of hydrogen-bond donors (Lipinski definition) is 1. The lowest BCUT2D eigenvalue weighted by Crippen LogP contribution is -2.17. The Balaban J connectivity index is 1.81. The quantitative estimate of drug-likeness (QED) is 0.875. The van der Waals surface area contributed by atoms with E-state index in [2.05, 4.69) is 31.3 Å². The lowest BCUT2D eigenvalue weighted by atomic mass is 10.0. The molecule has 0 bridgehead atoms. The standard InChI is InChI=1S/C20H22FNO2/c1-20(2)17(14-7-5-4-6-8-14)18(20)19(23)22-15-11-13(12-21)9-10-16(15)24-3/h4-11,17-18H,12H2,1-3H3,(H,22,23)/t17-,18+/m1/s1. The number of carbonyl (C=O) groups is 1. The summed E-state index contributed by atoms with van der Waals surface area (Å²) in [6.07, 6.45) is 0. The second-order valence-corrected chi connectivity index (χ2v) is 6.84. The van der Waals surface area contributed by atoms with Crippen molar-refractivity contribution in [1.82, 2.24) is 0 Å². The third-order valence-corrected chi connectivity index (χ3v) is 4.94. The molecule has 1 saturated carbocycles. The van der Waals surface area contributed by atoms with E-state index in [0.29, 0.717) is 17.0 Å². The number of nitrogens with one attached hydrogen (secondary N) is 1. The Morgan fingerprint density at radius 3 is 2.54 bits per heavy atom. The number of rotatable bonds is 5. The summed E-state index contributed by atoms with van der Waals surface area (Å²) >= 11 is 0. The van der Waals surface area contributed by atoms with Gasteiger partial charge in [-0.25, -0.2) is 4.39 Å². The number of methoxy groups -OCH3 is 1. The molecule has 3 nitrogen and oxygen atoms in total. The molecule has 0 radical (unpaired) electrons.